The second-order valence-electron chi connectivity index (χ2n) is 3.33. The molecule has 1 aliphatic rings. The van der Waals surface area contributed by atoms with Gasteiger partial charge in [0.2, 0.25) is 5.91 Å². The van der Waals surface area contributed by atoms with E-state index in [1.807, 2.05) is 0 Å². The van der Waals surface area contributed by atoms with E-state index in [0.717, 1.165) is 13.0 Å². The van der Waals surface area contributed by atoms with Gasteiger partial charge in [0.05, 0.1) is 13.5 Å². The van der Waals surface area contributed by atoms with Crippen molar-refractivity contribution < 1.29 is 14.3 Å². The highest BCUT2D eigenvalue weighted by Crippen LogP contribution is 2.04. The van der Waals surface area contributed by atoms with Gasteiger partial charge < -0.3 is 15.4 Å². The number of carbonyl (C=O) groups excluding carboxylic acids is 2. The van der Waals surface area contributed by atoms with Gasteiger partial charge in [0.25, 0.3) is 0 Å². The number of rotatable bonds is 5. The van der Waals surface area contributed by atoms with Crippen molar-refractivity contribution in [3.8, 4) is 0 Å². The van der Waals surface area contributed by atoms with Gasteiger partial charge in [-0.25, -0.2) is 0 Å². The van der Waals surface area contributed by atoms with E-state index in [4.69, 9.17) is 0 Å². The maximum atomic E-state index is 10.8. The van der Waals surface area contributed by atoms with Gasteiger partial charge in [0.15, 0.2) is 0 Å². The fourth-order valence-corrected chi connectivity index (χ4v) is 1.40. The Morgan fingerprint density at radius 2 is 2.50 bits per heavy atom. The van der Waals surface area contributed by atoms with Gasteiger partial charge in [0.1, 0.15) is 0 Å². The lowest BCUT2D eigenvalue weighted by molar-refractivity contribution is -0.140. The Morgan fingerprint density at radius 3 is 3.07 bits per heavy atom. The summed E-state index contributed by atoms with van der Waals surface area (Å²) in [7, 11) is 1.37. The summed E-state index contributed by atoms with van der Waals surface area (Å²) < 4.78 is 4.49. The van der Waals surface area contributed by atoms with Gasteiger partial charge in [0, 0.05) is 25.6 Å². The number of nitrogens with one attached hydrogen (secondary N) is 2. The van der Waals surface area contributed by atoms with Crippen molar-refractivity contribution in [3.63, 3.8) is 0 Å². The molecule has 0 spiro atoms. The largest absolute Gasteiger partial charge is 0.469 e. The van der Waals surface area contributed by atoms with Gasteiger partial charge in [-0.3, -0.25) is 9.59 Å². The minimum Gasteiger partial charge on any atom is -0.469 e. The molecule has 0 bridgehead atoms. The third kappa shape index (κ3) is 3.74. The molecule has 0 aromatic carbocycles. The molecule has 1 saturated heterocycles. The van der Waals surface area contributed by atoms with Crippen molar-refractivity contribution >= 4 is 11.9 Å². The van der Waals surface area contributed by atoms with Gasteiger partial charge in [-0.1, -0.05) is 0 Å². The quantitative estimate of drug-likeness (QED) is 0.460. The normalized spacial score (nSPS) is 20.6. The van der Waals surface area contributed by atoms with Crippen LogP contribution >= 0.6 is 0 Å². The molecule has 0 aromatic rings. The summed E-state index contributed by atoms with van der Waals surface area (Å²) in [6.45, 7) is 1.32. The van der Waals surface area contributed by atoms with Crippen molar-refractivity contribution in [2.24, 2.45) is 0 Å². The SMILES string of the molecule is COC(=O)CCNCC1CCC(=O)N1. The molecule has 1 fully saturated rings. The fraction of sp³-hybridized carbons (Fsp3) is 0.778. The molecule has 1 unspecified atom stereocenters. The Balaban J connectivity index is 1.99. The van der Waals surface area contributed by atoms with Gasteiger partial charge >= 0.3 is 5.97 Å². The Kier molecular flexibility index (Phi) is 4.39. The van der Waals surface area contributed by atoms with Crippen LogP contribution < -0.4 is 10.6 Å². The Labute approximate surface area is 83.2 Å². The number of amides is 1. The van der Waals surface area contributed by atoms with Crippen LogP contribution in [0.1, 0.15) is 19.3 Å². The average Bonchev–Trinajstić information content (AvgIpc) is 2.58. The zero-order chi connectivity index (χ0) is 10.4. The number of ether oxygens (including phenoxy) is 1. The van der Waals surface area contributed by atoms with Crippen LogP contribution in [0.15, 0.2) is 0 Å². The van der Waals surface area contributed by atoms with Crippen LogP contribution in [0.5, 0.6) is 0 Å². The number of hydrogen-bond donors (Lipinski definition) is 2. The maximum Gasteiger partial charge on any atom is 0.306 e. The number of methoxy groups -OCH3 is 1. The van der Waals surface area contributed by atoms with Crippen molar-refractivity contribution in [1.82, 2.24) is 10.6 Å². The van der Waals surface area contributed by atoms with E-state index >= 15 is 0 Å². The Bertz CT molecular complexity index is 218. The van der Waals surface area contributed by atoms with Crippen molar-refractivity contribution in [3.05, 3.63) is 0 Å². The minimum absolute atomic E-state index is 0.116. The molecule has 80 valence electrons. The number of carbonyl (C=O) groups is 2. The van der Waals surface area contributed by atoms with Crippen LogP contribution in [0, 0.1) is 0 Å². The second-order valence-corrected chi connectivity index (χ2v) is 3.33. The summed E-state index contributed by atoms with van der Waals surface area (Å²) in [5.41, 5.74) is 0. The monoisotopic (exact) mass is 200 g/mol. The molecule has 14 heavy (non-hydrogen) atoms. The summed E-state index contributed by atoms with van der Waals surface area (Å²) >= 11 is 0. The first kappa shape index (κ1) is 11.0. The van der Waals surface area contributed by atoms with Crippen LogP contribution in [0.4, 0.5) is 0 Å². The van der Waals surface area contributed by atoms with Crippen LogP contribution in [0.3, 0.4) is 0 Å². The van der Waals surface area contributed by atoms with Crippen LogP contribution in [0.25, 0.3) is 0 Å². The maximum absolute atomic E-state index is 10.8. The molecule has 0 aromatic heterocycles. The summed E-state index contributed by atoms with van der Waals surface area (Å²) in [6.07, 6.45) is 1.87. The lowest BCUT2D eigenvalue weighted by Gasteiger charge is -2.10. The molecule has 5 heteroatoms. The predicted molar refractivity (Wildman–Crippen MR) is 50.7 cm³/mol. The first-order valence-corrected chi connectivity index (χ1v) is 4.79. The third-order valence-electron chi connectivity index (χ3n) is 2.21. The lowest BCUT2D eigenvalue weighted by atomic mass is 10.2. The molecule has 1 amide bonds. The molecule has 0 saturated carbocycles. The fourth-order valence-electron chi connectivity index (χ4n) is 1.40. The van der Waals surface area contributed by atoms with Crippen molar-refractivity contribution in [1.29, 1.82) is 0 Å². The number of esters is 1. The second kappa shape index (κ2) is 5.59. The molecular weight excluding hydrogens is 184 g/mol. The summed E-state index contributed by atoms with van der Waals surface area (Å²) in [5, 5.41) is 5.94. The molecular formula is C9H16N2O3. The molecule has 0 radical (unpaired) electrons. The highest BCUT2D eigenvalue weighted by Gasteiger charge is 2.19. The van der Waals surface area contributed by atoms with Crippen molar-refractivity contribution in [2.45, 2.75) is 25.3 Å². The van der Waals surface area contributed by atoms with Crippen LogP contribution in [-0.4, -0.2) is 38.1 Å². The highest BCUT2D eigenvalue weighted by molar-refractivity contribution is 5.78. The molecule has 0 aliphatic carbocycles. The minimum atomic E-state index is -0.215. The summed E-state index contributed by atoms with van der Waals surface area (Å²) in [5.74, 6) is -0.0993. The standard InChI is InChI=1S/C9H16N2O3/c1-14-9(13)4-5-10-6-7-2-3-8(12)11-7/h7,10H,2-6H2,1H3,(H,11,12). The predicted octanol–water partition coefficient (Wildman–Crippen LogP) is -0.582. The number of hydrogen-bond acceptors (Lipinski definition) is 4. The Morgan fingerprint density at radius 1 is 1.71 bits per heavy atom. The highest BCUT2D eigenvalue weighted by atomic mass is 16.5. The Hall–Kier alpha value is -1.10. The van der Waals surface area contributed by atoms with Crippen molar-refractivity contribution in [2.75, 3.05) is 20.2 Å². The first-order valence-electron chi connectivity index (χ1n) is 4.79. The molecule has 1 aliphatic heterocycles. The molecule has 1 rings (SSSR count). The summed E-state index contributed by atoms with van der Waals surface area (Å²) in [4.78, 5) is 21.6. The van der Waals surface area contributed by atoms with Gasteiger partial charge in [-0.15, -0.1) is 0 Å². The van der Waals surface area contributed by atoms with E-state index in [0.29, 0.717) is 19.4 Å². The molecule has 1 heterocycles. The first-order chi connectivity index (χ1) is 6.72. The zero-order valence-electron chi connectivity index (χ0n) is 8.34. The molecule has 2 N–H and O–H groups in total. The van der Waals surface area contributed by atoms with E-state index in [1.54, 1.807) is 0 Å². The van der Waals surface area contributed by atoms with E-state index in [1.165, 1.54) is 7.11 Å². The van der Waals surface area contributed by atoms with E-state index in [9.17, 15) is 9.59 Å². The summed E-state index contributed by atoms with van der Waals surface area (Å²) in [6, 6.07) is 0.222. The topological polar surface area (TPSA) is 67.4 Å². The van der Waals surface area contributed by atoms with Crippen LogP contribution in [0.2, 0.25) is 0 Å². The van der Waals surface area contributed by atoms with E-state index < -0.39 is 0 Å². The smallest absolute Gasteiger partial charge is 0.306 e. The zero-order valence-corrected chi connectivity index (χ0v) is 8.34. The lowest BCUT2D eigenvalue weighted by Crippen LogP contribution is -2.36. The van der Waals surface area contributed by atoms with Gasteiger partial charge in [-0.2, -0.15) is 0 Å². The average molecular weight is 200 g/mol. The molecule has 5 nitrogen and oxygen atoms in total. The van der Waals surface area contributed by atoms with Crippen LogP contribution in [-0.2, 0) is 14.3 Å². The van der Waals surface area contributed by atoms with E-state index in [2.05, 4.69) is 15.4 Å². The molecule has 1 atom stereocenters. The third-order valence-corrected chi connectivity index (χ3v) is 2.21. The van der Waals surface area contributed by atoms with Gasteiger partial charge in [-0.05, 0) is 6.42 Å². The van der Waals surface area contributed by atoms with E-state index in [-0.39, 0.29) is 17.9 Å².